The summed E-state index contributed by atoms with van der Waals surface area (Å²) in [6, 6.07) is 6.61. The van der Waals surface area contributed by atoms with Crippen molar-refractivity contribution in [2.24, 2.45) is 5.41 Å². The lowest BCUT2D eigenvalue weighted by Gasteiger charge is -2.24. The molecule has 120 valence electrons. The summed E-state index contributed by atoms with van der Waals surface area (Å²) in [5.74, 6) is -0.471. The molecule has 1 aromatic carbocycles. The molecule has 0 radical (unpaired) electrons. The molecule has 0 spiro atoms. The number of nitrogens with one attached hydrogen (secondary N) is 2. The van der Waals surface area contributed by atoms with Gasteiger partial charge in [0.1, 0.15) is 6.04 Å². The fraction of sp³-hybridized carbons (Fsp3) is 0.529. The van der Waals surface area contributed by atoms with E-state index in [1.54, 1.807) is 27.7 Å². The molecule has 0 bridgehead atoms. The van der Waals surface area contributed by atoms with E-state index < -0.39 is 23.6 Å². The Morgan fingerprint density at radius 2 is 1.91 bits per heavy atom. The Bertz CT molecular complexity index is 578. The third-order valence-corrected chi connectivity index (χ3v) is 3.92. The van der Waals surface area contributed by atoms with Crippen LogP contribution in [0.5, 0.6) is 0 Å². The highest BCUT2D eigenvalue weighted by atomic mass is 16.3. The Balaban J connectivity index is 2.02. The minimum Gasteiger partial charge on any atom is -0.390 e. The van der Waals surface area contributed by atoms with Crippen molar-refractivity contribution in [2.45, 2.75) is 52.3 Å². The van der Waals surface area contributed by atoms with Crippen LogP contribution < -0.4 is 10.6 Å². The van der Waals surface area contributed by atoms with Crippen LogP contribution in [-0.2, 0) is 16.0 Å². The number of carbonyl (C=O) groups excluding carboxylic acids is 2. The average molecular weight is 304 g/mol. The molecule has 0 aliphatic heterocycles. The minimum absolute atomic E-state index is 0.178. The maximum absolute atomic E-state index is 12.3. The van der Waals surface area contributed by atoms with E-state index in [9.17, 15) is 14.7 Å². The first-order valence-electron chi connectivity index (χ1n) is 7.57. The largest absolute Gasteiger partial charge is 0.390 e. The van der Waals surface area contributed by atoms with Crippen LogP contribution in [0.3, 0.4) is 0 Å². The fourth-order valence-corrected chi connectivity index (χ4v) is 2.50. The van der Waals surface area contributed by atoms with Crippen molar-refractivity contribution in [3.63, 3.8) is 0 Å². The van der Waals surface area contributed by atoms with E-state index in [1.165, 1.54) is 0 Å². The highest BCUT2D eigenvalue weighted by Crippen LogP contribution is 2.31. The summed E-state index contributed by atoms with van der Waals surface area (Å²) < 4.78 is 0. The van der Waals surface area contributed by atoms with E-state index in [0.717, 1.165) is 11.1 Å². The number of fused-ring (bicyclic) bond motifs is 1. The summed E-state index contributed by atoms with van der Waals surface area (Å²) >= 11 is 0. The Labute approximate surface area is 131 Å². The summed E-state index contributed by atoms with van der Waals surface area (Å²) in [4.78, 5) is 24.2. The number of benzene rings is 1. The van der Waals surface area contributed by atoms with Crippen molar-refractivity contribution in [1.82, 2.24) is 10.6 Å². The Hall–Kier alpha value is -1.88. The van der Waals surface area contributed by atoms with E-state index >= 15 is 0 Å². The lowest BCUT2D eigenvalue weighted by atomic mass is 9.95. The van der Waals surface area contributed by atoms with E-state index in [1.807, 2.05) is 24.3 Å². The molecule has 2 amide bonds. The Morgan fingerprint density at radius 3 is 2.55 bits per heavy atom. The van der Waals surface area contributed by atoms with Crippen molar-refractivity contribution in [2.75, 3.05) is 0 Å². The number of carbonyl (C=O) groups is 2. The molecule has 3 unspecified atom stereocenters. The summed E-state index contributed by atoms with van der Waals surface area (Å²) in [6.45, 7) is 7.03. The van der Waals surface area contributed by atoms with Crippen molar-refractivity contribution >= 4 is 11.8 Å². The van der Waals surface area contributed by atoms with Crippen molar-refractivity contribution in [1.29, 1.82) is 0 Å². The molecular weight excluding hydrogens is 280 g/mol. The van der Waals surface area contributed by atoms with Crippen molar-refractivity contribution in [3.8, 4) is 0 Å². The highest BCUT2D eigenvalue weighted by Gasteiger charge is 2.33. The van der Waals surface area contributed by atoms with Gasteiger partial charge in [-0.3, -0.25) is 9.59 Å². The molecule has 3 N–H and O–H groups in total. The zero-order chi connectivity index (χ0) is 16.5. The molecule has 5 heteroatoms. The van der Waals surface area contributed by atoms with Gasteiger partial charge in [-0.2, -0.15) is 0 Å². The van der Waals surface area contributed by atoms with Gasteiger partial charge in [-0.1, -0.05) is 45.0 Å². The predicted octanol–water partition coefficient (Wildman–Crippen LogP) is 1.31. The summed E-state index contributed by atoms with van der Waals surface area (Å²) in [5, 5.41) is 15.7. The van der Waals surface area contributed by atoms with Gasteiger partial charge in [0.25, 0.3) is 0 Å². The van der Waals surface area contributed by atoms with Crippen LogP contribution in [0, 0.1) is 5.41 Å². The molecule has 0 saturated heterocycles. The third kappa shape index (κ3) is 3.47. The molecule has 2 rings (SSSR count). The quantitative estimate of drug-likeness (QED) is 0.788. The molecule has 0 fully saturated rings. The van der Waals surface area contributed by atoms with Gasteiger partial charge in [0.2, 0.25) is 11.8 Å². The van der Waals surface area contributed by atoms with Crippen LogP contribution in [0.4, 0.5) is 0 Å². The number of hydrogen-bond donors (Lipinski definition) is 3. The number of aliphatic hydroxyl groups excluding tert-OH is 1. The highest BCUT2D eigenvalue weighted by molar-refractivity contribution is 5.89. The number of aliphatic hydroxyl groups is 1. The van der Waals surface area contributed by atoms with Crippen molar-refractivity contribution in [3.05, 3.63) is 35.4 Å². The van der Waals surface area contributed by atoms with E-state index in [2.05, 4.69) is 10.6 Å². The van der Waals surface area contributed by atoms with Gasteiger partial charge in [0.15, 0.2) is 0 Å². The first-order chi connectivity index (χ1) is 10.2. The van der Waals surface area contributed by atoms with E-state index in [4.69, 9.17) is 0 Å². The second-order valence-electron chi connectivity index (χ2n) is 6.90. The van der Waals surface area contributed by atoms with Crippen molar-refractivity contribution < 1.29 is 14.7 Å². The molecule has 5 nitrogen and oxygen atoms in total. The standard InChI is InChI=1S/C17H24N2O3/c1-10(18-16(22)17(2,3)4)15(21)19-14-12-8-6-5-7-11(12)9-13(14)20/h5-8,10,13-14,20H,9H2,1-4H3,(H,18,22)(H,19,21). The number of hydrogen-bond acceptors (Lipinski definition) is 3. The van der Waals surface area contributed by atoms with E-state index in [0.29, 0.717) is 6.42 Å². The van der Waals surface area contributed by atoms with Crippen LogP contribution in [0.25, 0.3) is 0 Å². The van der Waals surface area contributed by atoms with Gasteiger partial charge >= 0.3 is 0 Å². The molecule has 1 aliphatic rings. The topological polar surface area (TPSA) is 78.4 Å². The van der Waals surface area contributed by atoms with Crippen LogP contribution in [0.15, 0.2) is 24.3 Å². The van der Waals surface area contributed by atoms with Gasteiger partial charge < -0.3 is 15.7 Å². The molecule has 0 heterocycles. The average Bonchev–Trinajstić information content (AvgIpc) is 2.74. The second kappa shape index (κ2) is 6.08. The first-order valence-corrected chi connectivity index (χ1v) is 7.57. The first kappa shape index (κ1) is 16.5. The Morgan fingerprint density at radius 1 is 1.27 bits per heavy atom. The number of amides is 2. The molecule has 1 aliphatic carbocycles. The van der Waals surface area contributed by atoms with Crippen LogP contribution in [0.2, 0.25) is 0 Å². The Kier molecular flexibility index (Phi) is 4.56. The maximum Gasteiger partial charge on any atom is 0.242 e. The fourth-order valence-electron chi connectivity index (χ4n) is 2.50. The molecule has 0 aromatic heterocycles. The maximum atomic E-state index is 12.3. The third-order valence-electron chi connectivity index (χ3n) is 3.92. The zero-order valence-electron chi connectivity index (χ0n) is 13.5. The summed E-state index contributed by atoms with van der Waals surface area (Å²) in [6.07, 6.45) is -0.101. The summed E-state index contributed by atoms with van der Waals surface area (Å²) in [7, 11) is 0. The van der Waals surface area contributed by atoms with Crippen LogP contribution in [-0.4, -0.2) is 29.1 Å². The summed E-state index contributed by atoms with van der Waals surface area (Å²) in [5.41, 5.74) is 1.44. The smallest absolute Gasteiger partial charge is 0.242 e. The zero-order valence-corrected chi connectivity index (χ0v) is 13.5. The van der Waals surface area contributed by atoms with E-state index in [-0.39, 0.29) is 11.8 Å². The predicted molar refractivity (Wildman–Crippen MR) is 84.1 cm³/mol. The van der Waals surface area contributed by atoms with Gasteiger partial charge in [-0.25, -0.2) is 0 Å². The SMILES string of the molecule is CC(NC(=O)C(C)(C)C)C(=O)NC1c2ccccc2CC1O. The molecular formula is C17H24N2O3. The van der Waals surface area contributed by atoms with Gasteiger partial charge in [-0.05, 0) is 18.1 Å². The van der Waals surface area contributed by atoms with Gasteiger partial charge in [-0.15, -0.1) is 0 Å². The molecule has 1 aromatic rings. The van der Waals surface area contributed by atoms with Crippen LogP contribution >= 0.6 is 0 Å². The molecule has 22 heavy (non-hydrogen) atoms. The monoisotopic (exact) mass is 304 g/mol. The van der Waals surface area contributed by atoms with Gasteiger partial charge in [0.05, 0.1) is 12.1 Å². The normalized spacial score (nSPS) is 21.9. The number of rotatable bonds is 3. The lowest BCUT2D eigenvalue weighted by Crippen LogP contribution is -2.49. The van der Waals surface area contributed by atoms with Gasteiger partial charge in [0, 0.05) is 11.8 Å². The second-order valence-corrected chi connectivity index (χ2v) is 6.90. The molecule has 0 saturated carbocycles. The molecule has 3 atom stereocenters. The van der Waals surface area contributed by atoms with Crippen LogP contribution in [0.1, 0.15) is 44.9 Å². The minimum atomic E-state index is -0.647. The lowest BCUT2D eigenvalue weighted by molar-refractivity contribution is -0.133.